The fraction of sp³-hybridized carbons (Fsp3) is 0.190. The minimum atomic E-state index is -0.430. The molecule has 4 nitrogen and oxygen atoms in total. The molecule has 0 aliphatic rings. The van der Waals surface area contributed by atoms with Crippen LogP contribution in [0.2, 0.25) is 5.02 Å². The van der Waals surface area contributed by atoms with Crippen LogP contribution in [0.1, 0.15) is 23.4 Å². The summed E-state index contributed by atoms with van der Waals surface area (Å²) in [5.41, 5.74) is 1.66. The number of methoxy groups -OCH3 is 1. The largest absolute Gasteiger partial charge is 0.495 e. The highest BCUT2D eigenvalue weighted by Crippen LogP contribution is 2.29. The van der Waals surface area contributed by atoms with Crippen molar-refractivity contribution in [3.05, 3.63) is 81.5 Å². The lowest BCUT2D eigenvalue weighted by Gasteiger charge is -2.23. The van der Waals surface area contributed by atoms with E-state index in [1.165, 1.54) is 0 Å². The Balaban J connectivity index is 1.77. The first-order valence-electron chi connectivity index (χ1n) is 8.57. The third kappa shape index (κ3) is 4.89. The summed E-state index contributed by atoms with van der Waals surface area (Å²) in [6.45, 7) is 1.84. The maximum absolute atomic E-state index is 12.8. The molecule has 3 rings (SSSR count). The molecule has 0 fully saturated rings. The first kappa shape index (κ1) is 19.4. The SMILES string of the molecule is COc1ccc(Cl)cc1NC(=O)[C@H](C)N[C@H](c1ccccc1)c1cccs1. The van der Waals surface area contributed by atoms with Crippen LogP contribution < -0.4 is 15.4 Å². The van der Waals surface area contributed by atoms with E-state index in [1.54, 1.807) is 36.6 Å². The summed E-state index contributed by atoms with van der Waals surface area (Å²) in [6, 6.07) is 18.8. The number of thiophene rings is 1. The number of carbonyl (C=O) groups is 1. The topological polar surface area (TPSA) is 50.4 Å². The predicted molar refractivity (Wildman–Crippen MR) is 112 cm³/mol. The molecule has 1 heterocycles. The Morgan fingerprint density at radius 3 is 2.56 bits per heavy atom. The summed E-state index contributed by atoms with van der Waals surface area (Å²) in [6.07, 6.45) is 0. The van der Waals surface area contributed by atoms with Gasteiger partial charge in [0.25, 0.3) is 0 Å². The van der Waals surface area contributed by atoms with Gasteiger partial charge in [0.15, 0.2) is 0 Å². The average molecular weight is 401 g/mol. The Labute approximate surface area is 168 Å². The van der Waals surface area contributed by atoms with E-state index < -0.39 is 6.04 Å². The van der Waals surface area contributed by atoms with Crippen molar-refractivity contribution in [2.45, 2.75) is 19.0 Å². The first-order chi connectivity index (χ1) is 13.1. The average Bonchev–Trinajstić information content (AvgIpc) is 3.21. The van der Waals surface area contributed by atoms with Gasteiger partial charge in [-0.2, -0.15) is 0 Å². The van der Waals surface area contributed by atoms with E-state index in [0.717, 1.165) is 10.4 Å². The van der Waals surface area contributed by atoms with Crippen molar-refractivity contribution in [3.63, 3.8) is 0 Å². The molecule has 140 valence electrons. The van der Waals surface area contributed by atoms with Crippen molar-refractivity contribution < 1.29 is 9.53 Å². The van der Waals surface area contributed by atoms with Crippen LogP contribution in [0.15, 0.2) is 66.0 Å². The molecule has 0 spiro atoms. The fourth-order valence-electron chi connectivity index (χ4n) is 2.79. The van der Waals surface area contributed by atoms with Gasteiger partial charge in [0.1, 0.15) is 5.75 Å². The molecule has 27 heavy (non-hydrogen) atoms. The summed E-state index contributed by atoms with van der Waals surface area (Å²) in [7, 11) is 1.56. The standard InChI is InChI=1S/C21H21ClN2O2S/c1-14(21(25)24-17-13-16(22)10-11-18(17)26-2)23-20(19-9-6-12-27-19)15-7-4-3-5-8-15/h3-14,20,23H,1-2H3,(H,24,25)/t14-,20+/m0/s1. The Morgan fingerprint density at radius 1 is 1.11 bits per heavy atom. The van der Waals surface area contributed by atoms with Gasteiger partial charge in [0.2, 0.25) is 5.91 Å². The highest BCUT2D eigenvalue weighted by molar-refractivity contribution is 7.10. The van der Waals surface area contributed by atoms with Gasteiger partial charge in [0, 0.05) is 9.90 Å². The molecule has 0 unspecified atom stereocenters. The molecule has 0 aliphatic heterocycles. The van der Waals surface area contributed by atoms with E-state index in [-0.39, 0.29) is 11.9 Å². The van der Waals surface area contributed by atoms with Crippen LogP contribution in [-0.4, -0.2) is 19.1 Å². The lowest BCUT2D eigenvalue weighted by Crippen LogP contribution is -2.40. The highest BCUT2D eigenvalue weighted by Gasteiger charge is 2.22. The predicted octanol–water partition coefficient (Wildman–Crippen LogP) is 5.12. The second-order valence-corrected chi connectivity index (χ2v) is 7.50. The van der Waals surface area contributed by atoms with E-state index in [2.05, 4.69) is 28.8 Å². The Morgan fingerprint density at radius 2 is 1.89 bits per heavy atom. The van der Waals surface area contributed by atoms with Gasteiger partial charge >= 0.3 is 0 Å². The van der Waals surface area contributed by atoms with Crippen LogP contribution in [0.4, 0.5) is 5.69 Å². The van der Waals surface area contributed by atoms with Gasteiger partial charge in [-0.25, -0.2) is 0 Å². The second-order valence-electron chi connectivity index (χ2n) is 6.08. The van der Waals surface area contributed by atoms with E-state index in [0.29, 0.717) is 16.5 Å². The summed E-state index contributed by atoms with van der Waals surface area (Å²) in [5.74, 6) is 0.408. The van der Waals surface area contributed by atoms with Gasteiger partial charge < -0.3 is 10.1 Å². The molecular weight excluding hydrogens is 380 g/mol. The van der Waals surface area contributed by atoms with Crippen molar-refractivity contribution >= 4 is 34.5 Å². The molecule has 0 bridgehead atoms. The summed E-state index contributed by atoms with van der Waals surface area (Å²) >= 11 is 7.71. The molecule has 2 N–H and O–H groups in total. The lowest BCUT2D eigenvalue weighted by molar-refractivity contribution is -0.117. The maximum atomic E-state index is 12.8. The van der Waals surface area contributed by atoms with Crippen LogP contribution in [-0.2, 0) is 4.79 Å². The number of hydrogen-bond donors (Lipinski definition) is 2. The monoisotopic (exact) mass is 400 g/mol. The van der Waals surface area contributed by atoms with E-state index in [9.17, 15) is 4.79 Å². The first-order valence-corrected chi connectivity index (χ1v) is 9.83. The minimum Gasteiger partial charge on any atom is -0.495 e. The normalized spacial score (nSPS) is 13.0. The number of halogens is 1. The number of carbonyl (C=O) groups excluding carboxylic acids is 1. The van der Waals surface area contributed by atoms with Crippen LogP contribution in [0.5, 0.6) is 5.75 Å². The molecule has 0 saturated carbocycles. The number of hydrogen-bond acceptors (Lipinski definition) is 4. The van der Waals surface area contributed by atoms with Crippen LogP contribution in [0.25, 0.3) is 0 Å². The smallest absolute Gasteiger partial charge is 0.241 e. The van der Waals surface area contributed by atoms with Gasteiger partial charge in [0.05, 0.1) is 24.9 Å². The Kier molecular flexibility index (Phi) is 6.50. The third-order valence-corrected chi connectivity index (χ3v) is 5.36. The number of rotatable bonds is 7. The maximum Gasteiger partial charge on any atom is 0.241 e. The Bertz CT molecular complexity index is 884. The molecule has 6 heteroatoms. The molecule has 0 saturated heterocycles. The number of amides is 1. The molecule has 3 aromatic rings. The molecule has 0 aliphatic carbocycles. The molecular formula is C21H21ClN2O2S. The van der Waals surface area contributed by atoms with Gasteiger partial charge in [-0.05, 0) is 42.1 Å². The highest BCUT2D eigenvalue weighted by atomic mass is 35.5. The van der Waals surface area contributed by atoms with Crippen molar-refractivity contribution in [3.8, 4) is 5.75 Å². The minimum absolute atomic E-state index is 0.0618. The van der Waals surface area contributed by atoms with Crippen LogP contribution >= 0.6 is 22.9 Å². The zero-order valence-corrected chi connectivity index (χ0v) is 16.7. The van der Waals surface area contributed by atoms with Crippen molar-refractivity contribution in [1.82, 2.24) is 5.32 Å². The summed E-state index contributed by atoms with van der Waals surface area (Å²) in [4.78, 5) is 13.9. The lowest BCUT2D eigenvalue weighted by atomic mass is 10.0. The number of ether oxygens (including phenoxy) is 1. The number of benzene rings is 2. The molecule has 0 radical (unpaired) electrons. The fourth-order valence-corrected chi connectivity index (χ4v) is 3.77. The van der Waals surface area contributed by atoms with Gasteiger partial charge in [-0.15, -0.1) is 11.3 Å². The second kappa shape index (κ2) is 9.04. The third-order valence-electron chi connectivity index (χ3n) is 4.19. The quantitative estimate of drug-likeness (QED) is 0.579. The van der Waals surface area contributed by atoms with Crippen LogP contribution in [0, 0.1) is 0 Å². The zero-order valence-electron chi connectivity index (χ0n) is 15.1. The molecule has 1 amide bonds. The molecule has 2 aromatic carbocycles. The van der Waals surface area contributed by atoms with Gasteiger partial charge in [-0.1, -0.05) is 48.0 Å². The number of anilines is 1. The van der Waals surface area contributed by atoms with Crippen LogP contribution in [0.3, 0.4) is 0 Å². The molecule has 2 atom stereocenters. The van der Waals surface area contributed by atoms with E-state index >= 15 is 0 Å². The van der Waals surface area contributed by atoms with Gasteiger partial charge in [-0.3, -0.25) is 10.1 Å². The van der Waals surface area contributed by atoms with E-state index in [1.807, 2.05) is 36.6 Å². The van der Waals surface area contributed by atoms with Crippen molar-refractivity contribution in [2.24, 2.45) is 0 Å². The summed E-state index contributed by atoms with van der Waals surface area (Å²) < 4.78 is 5.30. The Hall–Kier alpha value is -2.34. The summed E-state index contributed by atoms with van der Waals surface area (Å²) in [5, 5.41) is 8.90. The van der Waals surface area contributed by atoms with Crippen molar-refractivity contribution in [2.75, 3.05) is 12.4 Å². The number of nitrogens with one attached hydrogen (secondary N) is 2. The van der Waals surface area contributed by atoms with E-state index in [4.69, 9.17) is 16.3 Å². The molecule has 1 aromatic heterocycles. The van der Waals surface area contributed by atoms with Crippen molar-refractivity contribution in [1.29, 1.82) is 0 Å². The zero-order chi connectivity index (χ0) is 19.2.